The van der Waals surface area contributed by atoms with E-state index in [0.29, 0.717) is 12.5 Å². The molecule has 2 rings (SSSR count). The molecule has 110 valence electrons. The molecule has 1 saturated heterocycles. The molecule has 1 aromatic carbocycles. The Morgan fingerprint density at radius 1 is 1.35 bits per heavy atom. The van der Waals surface area contributed by atoms with Crippen molar-refractivity contribution in [3.05, 3.63) is 29.8 Å². The molecule has 0 amide bonds. The van der Waals surface area contributed by atoms with Crippen molar-refractivity contribution < 1.29 is 14.3 Å². The van der Waals surface area contributed by atoms with E-state index in [1.807, 2.05) is 25.1 Å². The van der Waals surface area contributed by atoms with E-state index in [2.05, 4.69) is 17.9 Å². The zero-order chi connectivity index (χ0) is 14.5. The molecule has 20 heavy (non-hydrogen) atoms. The number of esters is 1. The normalized spacial score (nSPS) is 22.8. The van der Waals surface area contributed by atoms with Crippen LogP contribution in [0, 0.1) is 11.8 Å². The second kappa shape index (κ2) is 6.75. The minimum atomic E-state index is -0.0990. The van der Waals surface area contributed by atoms with Crippen molar-refractivity contribution in [1.29, 1.82) is 0 Å². The van der Waals surface area contributed by atoms with E-state index in [0.717, 1.165) is 25.4 Å². The van der Waals surface area contributed by atoms with Crippen molar-refractivity contribution in [3.8, 4) is 5.75 Å². The average molecular weight is 277 g/mol. The highest BCUT2D eigenvalue weighted by Gasteiger charge is 2.35. The van der Waals surface area contributed by atoms with E-state index in [1.165, 1.54) is 12.7 Å². The molecular weight excluding hydrogens is 254 g/mol. The van der Waals surface area contributed by atoms with E-state index >= 15 is 0 Å². The van der Waals surface area contributed by atoms with Gasteiger partial charge in [0.2, 0.25) is 0 Å². The maximum atomic E-state index is 11.7. The summed E-state index contributed by atoms with van der Waals surface area (Å²) in [4.78, 5) is 14.0. The summed E-state index contributed by atoms with van der Waals surface area (Å²) in [6.45, 7) is 7.25. The van der Waals surface area contributed by atoms with Crippen LogP contribution in [-0.2, 0) is 16.1 Å². The van der Waals surface area contributed by atoms with Gasteiger partial charge in [0, 0.05) is 25.2 Å². The molecule has 0 spiro atoms. The van der Waals surface area contributed by atoms with Crippen LogP contribution in [0.3, 0.4) is 0 Å². The van der Waals surface area contributed by atoms with Crippen molar-refractivity contribution in [2.75, 3.05) is 26.8 Å². The Balaban J connectivity index is 2.03. The van der Waals surface area contributed by atoms with Crippen LogP contribution < -0.4 is 4.74 Å². The van der Waals surface area contributed by atoms with Crippen LogP contribution in [0.5, 0.6) is 5.75 Å². The number of benzene rings is 1. The van der Waals surface area contributed by atoms with E-state index in [4.69, 9.17) is 9.47 Å². The Kier molecular flexibility index (Phi) is 5.01. The molecule has 2 unspecified atom stereocenters. The minimum absolute atomic E-state index is 0.0146. The molecule has 1 heterocycles. The molecule has 2 atom stereocenters. The van der Waals surface area contributed by atoms with E-state index in [1.54, 1.807) is 0 Å². The summed E-state index contributed by atoms with van der Waals surface area (Å²) in [6, 6.07) is 8.09. The van der Waals surface area contributed by atoms with Gasteiger partial charge in [-0.15, -0.1) is 0 Å². The third-order valence-corrected chi connectivity index (χ3v) is 3.86. The van der Waals surface area contributed by atoms with E-state index < -0.39 is 0 Å². The number of hydrogen-bond donors (Lipinski definition) is 0. The summed E-state index contributed by atoms with van der Waals surface area (Å²) in [7, 11) is 1.46. The van der Waals surface area contributed by atoms with Gasteiger partial charge in [-0.2, -0.15) is 0 Å². The lowest BCUT2D eigenvalue weighted by atomic mass is 9.99. The standard InChI is InChI=1S/C16H23NO3/c1-4-20-15-8-6-5-7-13(15)10-17-9-12(2)14(11-17)16(18)19-3/h5-8,12,14H,4,9-11H2,1-3H3. The van der Waals surface area contributed by atoms with Gasteiger partial charge in [0.25, 0.3) is 0 Å². The maximum Gasteiger partial charge on any atom is 0.310 e. The third-order valence-electron chi connectivity index (χ3n) is 3.86. The van der Waals surface area contributed by atoms with E-state index in [9.17, 15) is 4.79 Å². The van der Waals surface area contributed by atoms with Crippen molar-refractivity contribution in [2.45, 2.75) is 20.4 Å². The quantitative estimate of drug-likeness (QED) is 0.774. The summed E-state index contributed by atoms with van der Waals surface area (Å²) in [5.41, 5.74) is 1.17. The predicted octanol–water partition coefficient (Wildman–Crippen LogP) is 2.33. The highest BCUT2D eigenvalue weighted by molar-refractivity contribution is 5.73. The van der Waals surface area contributed by atoms with Crippen LogP contribution in [0.2, 0.25) is 0 Å². The van der Waals surface area contributed by atoms with Gasteiger partial charge < -0.3 is 9.47 Å². The number of likely N-dealkylation sites (tertiary alicyclic amines) is 1. The number of para-hydroxylation sites is 1. The Morgan fingerprint density at radius 3 is 2.80 bits per heavy atom. The second-order valence-corrected chi connectivity index (χ2v) is 5.34. The molecule has 0 N–H and O–H groups in total. The lowest BCUT2D eigenvalue weighted by molar-refractivity contribution is -0.146. The van der Waals surface area contributed by atoms with Crippen LogP contribution in [-0.4, -0.2) is 37.7 Å². The SMILES string of the molecule is CCOc1ccccc1CN1CC(C)C(C(=O)OC)C1. The monoisotopic (exact) mass is 277 g/mol. The first-order valence-corrected chi connectivity index (χ1v) is 7.16. The van der Waals surface area contributed by atoms with Gasteiger partial charge in [-0.05, 0) is 18.9 Å². The topological polar surface area (TPSA) is 38.8 Å². The first-order chi connectivity index (χ1) is 9.65. The molecule has 1 fully saturated rings. The Labute approximate surface area is 120 Å². The van der Waals surface area contributed by atoms with Gasteiger partial charge in [0.15, 0.2) is 0 Å². The molecular formula is C16H23NO3. The Bertz CT molecular complexity index is 461. The number of methoxy groups -OCH3 is 1. The minimum Gasteiger partial charge on any atom is -0.494 e. The lowest BCUT2D eigenvalue weighted by Gasteiger charge is -2.18. The van der Waals surface area contributed by atoms with Crippen LogP contribution in [0.1, 0.15) is 19.4 Å². The highest BCUT2D eigenvalue weighted by atomic mass is 16.5. The Morgan fingerprint density at radius 2 is 2.10 bits per heavy atom. The first kappa shape index (κ1) is 14.9. The lowest BCUT2D eigenvalue weighted by Crippen LogP contribution is -2.24. The molecule has 0 bridgehead atoms. The fourth-order valence-corrected chi connectivity index (χ4v) is 2.83. The number of nitrogens with zero attached hydrogens (tertiary/aromatic N) is 1. The second-order valence-electron chi connectivity index (χ2n) is 5.34. The summed E-state index contributed by atoms with van der Waals surface area (Å²) >= 11 is 0. The van der Waals surface area contributed by atoms with Crippen LogP contribution in [0.4, 0.5) is 0 Å². The largest absolute Gasteiger partial charge is 0.494 e. The predicted molar refractivity (Wildman–Crippen MR) is 77.6 cm³/mol. The zero-order valence-electron chi connectivity index (χ0n) is 12.5. The van der Waals surface area contributed by atoms with Crippen LogP contribution >= 0.6 is 0 Å². The smallest absolute Gasteiger partial charge is 0.310 e. The number of carbonyl (C=O) groups excluding carboxylic acids is 1. The van der Waals surface area contributed by atoms with Gasteiger partial charge in [0.1, 0.15) is 5.75 Å². The summed E-state index contributed by atoms with van der Waals surface area (Å²) in [6.07, 6.45) is 0. The van der Waals surface area contributed by atoms with Gasteiger partial charge in [0.05, 0.1) is 19.6 Å². The fourth-order valence-electron chi connectivity index (χ4n) is 2.83. The number of hydrogen-bond acceptors (Lipinski definition) is 4. The summed E-state index contributed by atoms with van der Waals surface area (Å²) < 4.78 is 10.5. The molecule has 1 aromatic rings. The number of carbonyl (C=O) groups is 1. The molecule has 1 aliphatic rings. The molecule has 4 nitrogen and oxygen atoms in total. The van der Waals surface area contributed by atoms with Crippen molar-refractivity contribution >= 4 is 5.97 Å². The maximum absolute atomic E-state index is 11.7. The molecule has 0 radical (unpaired) electrons. The molecule has 4 heteroatoms. The molecule has 0 aliphatic carbocycles. The van der Waals surface area contributed by atoms with Crippen molar-refractivity contribution in [3.63, 3.8) is 0 Å². The highest BCUT2D eigenvalue weighted by Crippen LogP contribution is 2.27. The van der Waals surface area contributed by atoms with Gasteiger partial charge in [-0.3, -0.25) is 9.69 Å². The molecule has 0 saturated carbocycles. The van der Waals surface area contributed by atoms with E-state index in [-0.39, 0.29) is 11.9 Å². The summed E-state index contributed by atoms with van der Waals surface area (Å²) in [5.74, 6) is 1.16. The third kappa shape index (κ3) is 3.31. The first-order valence-electron chi connectivity index (χ1n) is 7.16. The van der Waals surface area contributed by atoms with Crippen LogP contribution in [0.15, 0.2) is 24.3 Å². The summed E-state index contributed by atoms with van der Waals surface area (Å²) in [5, 5.41) is 0. The number of rotatable bonds is 5. The van der Waals surface area contributed by atoms with Gasteiger partial charge in [-0.1, -0.05) is 25.1 Å². The average Bonchev–Trinajstić information content (AvgIpc) is 2.81. The molecule has 1 aliphatic heterocycles. The van der Waals surface area contributed by atoms with Gasteiger partial charge >= 0.3 is 5.97 Å². The fraction of sp³-hybridized carbons (Fsp3) is 0.562. The van der Waals surface area contributed by atoms with Crippen molar-refractivity contribution in [2.24, 2.45) is 11.8 Å². The van der Waals surface area contributed by atoms with Crippen LogP contribution in [0.25, 0.3) is 0 Å². The Hall–Kier alpha value is -1.55. The van der Waals surface area contributed by atoms with Crippen molar-refractivity contribution in [1.82, 2.24) is 4.90 Å². The van der Waals surface area contributed by atoms with Gasteiger partial charge in [-0.25, -0.2) is 0 Å². The number of ether oxygens (including phenoxy) is 2. The molecule has 0 aromatic heterocycles. The zero-order valence-corrected chi connectivity index (χ0v) is 12.5.